The van der Waals surface area contributed by atoms with Crippen LogP contribution in [0.2, 0.25) is 0 Å². The van der Waals surface area contributed by atoms with Gasteiger partial charge in [-0.25, -0.2) is 0 Å². The molecule has 23 heavy (non-hydrogen) atoms. The molecule has 2 rings (SSSR count). The molecule has 0 aliphatic rings. The molecule has 2 nitrogen and oxygen atoms in total. The number of benzene rings is 2. The van der Waals surface area contributed by atoms with Crippen LogP contribution < -0.4 is 5.11 Å². The van der Waals surface area contributed by atoms with Gasteiger partial charge in [0.25, 0.3) is 0 Å². The number of carboxylic acid groups (broad SMARTS) is 1. The normalized spacial score (nSPS) is 9.83. The summed E-state index contributed by atoms with van der Waals surface area (Å²) in [5.74, 6) is -1.11. The first-order chi connectivity index (χ1) is 10.7. The predicted octanol–water partition coefficient (Wildman–Crippen LogP) is 4.04. The van der Waals surface area contributed by atoms with Gasteiger partial charge in [0.05, 0.1) is 0 Å². The quantitative estimate of drug-likeness (QED) is 0.682. The molecule has 0 bridgehead atoms. The number of carboxylic acids is 1. The summed E-state index contributed by atoms with van der Waals surface area (Å²) < 4.78 is 0. The van der Waals surface area contributed by atoms with E-state index in [2.05, 4.69) is 19.1 Å². The van der Waals surface area contributed by atoms with E-state index in [-0.39, 0.29) is 33.2 Å². The number of carbonyl (C=O) groups is 1. The Balaban J connectivity index is -0.000000129. The Morgan fingerprint density at radius 1 is 0.957 bits per heavy atom. The molecule has 0 aliphatic heterocycles. The van der Waals surface area contributed by atoms with Gasteiger partial charge in [0.1, 0.15) is 0 Å². The summed E-state index contributed by atoms with van der Waals surface area (Å²) >= 11 is 0. The van der Waals surface area contributed by atoms with E-state index in [4.69, 9.17) is 0 Å². The molecule has 1 atom stereocenters. The van der Waals surface area contributed by atoms with Crippen molar-refractivity contribution in [3.8, 4) is 0 Å². The third kappa shape index (κ3) is 16.9. The zero-order chi connectivity index (χ0) is 16.5. The van der Waals surface area contributed by atoms with Crippen LogP contribution in [0.1, 0.15) is 42.4 Å². The molecule has 2 aromatic carbocycles. The number of unbranched alkanes of at least 4 members (excludes halogenated alkanes) is 1. The summed E-state index contributed by atoms with van der Waals surface area (Å²) in [6.45, 7) is 3.94. The SMILES string of the molecule is CCCCC(CC)C(=O)[O-].[HH].[HH].[Sb].[c]1ccccc1.[c]1ccccc1. The molecule has 0 saturated carbocycles. The van der Waals surface area contributed by atoms with Gasteiger partial charge in [-0.2, -0.15) is 0 Å². The Kier molecular flexibility index (Phi) is 19.6. The fourth-order valence-corrected chi connectivity index (χ4v) is 1.62. The van der Waals surface area contributed by atoms with Crippen molar-refractivity contribution in [3.05, 3.63) is 72.8 Å². The molecule has 5 radical (unpaired) electrons. The minimum Gasteiger partial charge on any atom is -0.550 e. The second kappa shape index (κ2) is 18.8. The second-order valence-electron chi connectivity index (χ2n) is 4.72. The van der Waals surface area contributed by atoms with Gasteiger partial charge in [0.2, 0.25) is 0 Å². The van der Waals surface area contributed by atoms with Crippen molar-refractivity contribution in [3.63, 3.8) is 0 Å². The van der Waals surface area contributed by atoms with Crippen LogP contribution in [0.15, 0.2) is 60.7 Å². The van der Waals surface area contributed by atoms with Gasteiger partial charge in [-0.1, -0.05) is 87.4 Å². The Morgan fingerprint density at radius 3 is 1.57 bits per heavy atom. The summed E-state index contributed by atoms with van der Waals surface area (Å²) in [5.41, 5.74) is 0. The van der Waals surface area contributed by atoms with Gasteiger partial charge in [0, 0.05) is 33.3 Å². The monoisotopic (exact) mass is 422 g/mol. The minimum atomic E-state index is -0.893. The van der Waals surface area contributed by atoms with E-state index in [1.807, 2.05) is 67.6 Å². The smallest absolute Gasteiger partial charge is 0.0445 e. The third-order valence-electron chi connectivity index (χ3n) is 2.95. The molecule has 127 valence electrons. The van der Waals surface area contributed by atoms with Crippen molar-refractivity contribution in [2.45, 2.75) is 39.5 Å². The van der Waals surface area contributed by atoms with Gasteiger partial charge in [-0.15, -0.1) is 0 Å². The first-order valence-electron chi connectivity index (χ1n) is 7.75. The van der Waals surface area contributed by atoms with E-state index in [1.165, 1.54) is 0 Å². The molecular formula is C20H29O2Sb-. The zero-order valence-electron chi connectivity index (χ0n) is 13.9. The van der Waals surface area contributed by atoms with E-state index in [9.17, 15) is 9.90 Å². The first kappa shape index (κ1) is 24.0. The molecule has 0 heterocycles. The van der Waals surface area contributed by atoms with Crippen molar-refractivity contribution in [1.82, 2.24) is 0 Å². The summed E-state index contributed by atoms with van der Waals surface area (Å²) in [4.78, 5) is 10.3. The van der Waals surface area contributed by atoms with Crippen molar-refractivity contribution >= 4 is 30.4 Å². The first-order valence-corrected chi connectivity index (χ1v) is 7.75. The van der Waals surface area contributed by atoms with E-state index in [0.29, 0.717) is 6.42 Å². The molecule has 0 N–H and O–H groups in total. The molecule has 1 unspecified atom stereocenters. The van der Waals surface area contributed by atoms with E-state index >= 15 is 0 Å². The van der Waals surface area contributed by atoms with E-state index in [1.54, 1.807) is 0 Å². The van der Waals surface area contributed by atoms with Crippen LogP contribution in [0.4, 0.5) is 0 Å². The van der Waals surface area contributed by atoms with E-state index in [0.717, 1.165) is 19.3 Å². The van der Waals surface area contributed by atoms with Gasteiger partial charge in [-0.05, 0) is 30.9 Å². The standard InChI is InChI=1S/C8H16O2.2C6H5.Sb.2H2/c1-3-5-6-7(4-2)8(9)10;2*1-2-4-6-5-3-1;;;/h7H,3-6H2,1-2H3,(H,9,10);2*1-5H;;2*1H/p-1. The average molecular weight is 423 g/mol. The fraction of sp³-hybridized carbons (Fsp3) is 0.350. The molecule has 0 amide bonds. The maximum atomic E-state index is 10.3. The van der Waals surface area contributed by atoms with Gasteiger partial charge < -0.3 is 9.90 Å². The molecule has 2 aromatic rings. The molecule has 0 spiro atoms. The molecule has 0 fully saturated rings. The number of aliphatic carboxylic acids is 1. The van der Waals surface area contributed by atoms with E-state index < -0.39 is 5.97 Å². The number of hydrogen-bond donors (Lipinski definition) is 0. The maximum Gasteiger partial charge on any atom is 0.0445 e. The van der Waals surface area contributed by atoms with Gasteiger partial charge >= 0.3 is 0 Å². The van der Waals surface area contributed by atoms with Crippen molar-refractivity contribution < 1.29 is 12.8 Å². The van der Waals surface area contributed by atoms with Crippen LogP contribution in [0.5, 0.6) is 0 Å². The Labute approximate surface area is 161 Å². The Hall–Kier alpha value is -1.27. The zero-order valence-corrected chi connectivity index (χ0v) is 16.5. The molecule has 0 saturated heterocycles. The Bertz CT molecular complexity index is 371. The van der Waals surface area contributed by atoms with Crippen molar-refractivity contribution in [1.29, 1.82) is 0 Å². The molecule has 0 aliphatic carbocycles. The number of hydrogen-bond acceptors (Lipinski definition) is 2. The summed E-state index contributed by atoms with van der Waals surface area (Å²) in [6.07, 6.45) is 3.52. The van der Waals surface area contributed by atoms with Crippen LogP contribution in [-0.2, 0) is 4.79 Å². The Morgan fingerprint density at radius 2 is 1.39 bits per heavy atom. The minimum absolute atomic E-state index is 0. The predicted molar refractivity (Wildman–Crippen MR) is 98.9 cm³/mol. The summed E-state index contributed by atoms with van der Waals surface area (Å²) in [6, 6.07) is 25.0. The largest absolute Gasteiger partial charge is 0.550 e. The second-order valence-corrected chi connectivity index (χ2v) is 4.72. The van der Waals surface area contributed by atoms with Crippen LogP contribution in [0.3, 0.4) is 0 Å². The third-order valence-corrected chi connectivity index (χ3v) is 2.95. The summed E-state index contributed by atoms with van der Waals surface area (Å²) in [5, 5.41) is 10.3. The fourth-order valence-electron chi connectivity index (χ4n) is 1.62. The molecule has 0 aromatic heterocycles. The molecular weight excluding hydrogens is 394 g/mol. The summed E-state index contributed by atoms with van der Waals surface area (Å²) in [7, 11) is 0. The van der Waals surface area contributed by atoms with Gasteiger partial charge in [-0.3, -0.25) is 0 Å². The topological polar surface area (TPSA) is 40.1 Å². The maximum absolute atomic E-state index is 10.3. The van der Waals surface area contributed by atoms with Crippen molar-refractivity contribution in [2.75, 3.05) is 0 Å². The van der Waals surface area contributed by atoms with Gasteiger partial charge in [0.15, 0.2) is 0 Å². The van der Waals surface area contributed by atoms with Crippen LogP contribution >= 0.6 is 0 Å². The van der Waals surface area contributed by atoms with Crippen LogP contribution in [-0.4, -0.2) is 30.4 Å². The van der Waals surface area contributed by atoms with Crippen LogP contribution in [0, 0.1) is 18.1 Å². The molecule has 3 heteroatoms. The number of carbonyl (C=O) groups excluding carboxylic acids is 1. The average Bonchev–Trinajstić information content (AvgIpc) is 2.59. The number of rotatable bonds is 5. The van der Waals surface area contributed by atoms with Crippen molar-refractivity contribution in [2.24, 2.45) is 5.92 Å². The van der Waals surface area contributed by atoms with Crippen LogP contribution in [0.25, 0.3) is 0 Å².